The molecule has 3 heterocycles. The number of nitrogens with one attached hydrogen (secondary N) is 1. The van der Waals surface area contributed by atoms with E-state index in [4.69, 9.17) is 4.42 Å². The molecule has 3 rings (SSSR count). The van der Waals surface area contributed by atoms with Crippen molar-refractivity contribution in [1.82, 2.24) is 20.2 Å². The fraction of sp³-hybridized carbons (Fsp3) is 0.375. The average Bonchev–Trinajstić information content (AvgIpc) is 3.01. The summed E-state index contributed by atoms with van der Waals surface area (Å²) in [6.07, 6.45) is 3.68. The maximum atomic E-state index is 12.6. The molecular weight excluding hydrogens is 328 g/mol. The van der Waals surface area contributed by atoms with Crippen molar-refractivity contribution < 1.29 is 14.0 Å². The third-order valence-electron chi connectivity index (χ3n) is 3.73. The number of hydrogen-bond acceptors (Lipinski definition) is 6. The molecule has 24 heavy (non-hydrogen) atoms. The highest BCUT2D eigenvalue weighted by Crippen LogP contribution is 2.21. The van der Waals surface area contributed by atoms with Gasteiger partial charge in [-0.25, -0.2) is 9.97 Å². The van der Waals surface area contributed by atoms with Gasteiger partial charge in [0, 0.05) is 37.9 Å². The highest BCUT2D eigenvalue weighted by atomic mass is 32.2. The lowest BCUT2D eigenvalue weighted by Gasteiger charge is -2.25. The zero-order valence-corrected chi connectivity index (χ0v) is 14.1. The highest BCUT2D eigenvalue weighted by Gasteiger charge is 2.27. The second-order valence-corrected chi connectivity index (χ2v) is 6.43. The van der Waals surface area contributed by atoms with Gasteiger partial charge in [-0.15, -0.1) is 0 Å². The monoisotopic (exact) mass is 346 g/mol. The van der Waals surface area contributed by atoms with E-state index in [0.29, 0.717) is 41.9 Å². The number of rotatable bonds is 4. The van der Waals surface area contributed by atoms with E-state index in [2.05, 4.69) is 15.3 Å². The van der Waals surface area contributed by atoms with Crippen molar-refractivity contribution in [3.8, 4) is 0 Å². The van der Waals surface area contributed by atoms with Crippen molar-refractivity contribution in [1.29, 1.82) is 0 Å². The van der Waals surface area contributed by atoms with Crippen LogP contribution in [0.5, 0.6) is 0 Å². The number of carbonyl (C=O) groups excluding carboxylic acids is 2. The van der Waals surface area contributed by atoms with Crippen LogP contribution in [-0.4, -0.2) is 45.8 Å². The zero-order valence-electron chi connectivity index (χ0n) is 13.3. The van der Waals surface area contributed by atoms with Crippen molar-refractivity contribution in [2.24, 2.45) is 0 Å². The summed E-state index contributed by atoms with van der Waals surface area (Å²) in [6.45, 7) is 2.77. The van der Waals surface area contributed by atoms with Crippen molar-refractivity contribution in [3.05, 3.63) is 42.1 Å². The topological polar surface area (TPSA) is 88.3 Å². The van der Waals surface area contributed by atoms with E-state index in [1.807, 2.05) is 6.92 Å². The molecule has 0 aromatic carbocycles. The molecule has 2 aromatic heterocycles. The van der Waals surface area contributed by atoms with Crippen LogP contribution in [0.2, 0.25) is 0 Å². The molecule has 0 unspecified atom stereocenters. The lowest BCUT2D eigenvalue weighted by molar-refractivity contribution is -0.120. The van der Waals surface area contributed by atoms with Crippen LogP contribution in [0.4, 0.5) is 0 Å². The molecule has 1 N–H and O–H groups in total. The molecule has 0 saturated carbocycles. The molecule has 7 nitrogen and oxygen atoms in total. The van der Waals surface area contributed by atoms with Gasteiger partial charge in [-0.05, 0) is 25.1 Å². The van der Waals surface area contributed by atoms with Gasteiger partial charge in [-0.3, -0.25) is 9.59 Å². The average molecular weight is 346 g/mol. The molecule has 0 radical (unpaired) electrons. The fourth-order valence-electron chi connectivity index (χ4n) is 2.41. The number of hydrogen-bond donors (Lipinski definition) is 1. The van der Waals surface area contributed by atoms with Crippen LogP contribution in [-0.2, 0) is 10.5 Å². The van der Waals surface area contributed by atoms with E-state index >= 15 is 0 Å². The zero-order chi connectivity index (χ0) is 16.9. The van der Waals surface area contributed by atoms with Crippen LogP contribution in [0.15, 0.2) is 40.2 Å². The molecule has 8 heteroatoms. The number of furan rings is 1. The van der Waals surface area contributed by atoms with Gasteiger partial charge in [0.25, 0.3) is 5.91 Å². The first kappa shape index (κ1) is 16.5. The van der Waals surface area contributed by atoms with Gasteiger partial charge in [0.2, 0.25) is 5.91 Å². The first-order chi connectivity index (χ1) is 11.6. The van der Waals surface area contributed by atoms with Gasteiger partial charge in [-0.2, -0.15) is 0 Å². The largest absolute Gasteiger partial charge is 0.455 e. The molecular formula is C16H18N4O3S. The normalized spacial score (nSPS) is 18.1. The minimum absolute atomic E-state index is 0.0310. The third kappa shape index (κ3) is 3.94. The van der Waals surface area contributed by atoms with E-state index in [0.717, 1.165) is 0 Å². The minimum atomic E-state index is -0.189. The van der Waals surface area contributed by atoms with E-state index in [1.54, 1.807) is 35.5 Å². The minimum Gasteiger partial charge on any atom is -0.455 e. The predicted molar refractivity (Wildman–Crippen MR) is 88.4 cm³/mol. The van der Waals surface area contributed by atoms with Crippen molar-refractivity contribution in [2.75, 3.05) is 13.1 Å². The summed E-state index contributed by atoms with van der Waals surface area (Å²) in [6, 6.07) is 5.16. The molecule has 0 spiro atoms. The molecule has 1 aliphatic rings. The standard InChI is InChI=1S/C16H18N4O3S/c1-11-9-19-14(21)5-8-20(11)15(22)13-4-3-12(23-13)10-24-16-17-6-2-7-18-16/h2-4,6-7,11H,5,8-10H2,1H3,(H,19,21)/t11-/m1/s1. The third-order valence-corrected chi connectivity index (χ3v) is 4.62. The number of amides is 2. The van der Waals surface area contributed by atoms with Gasteiger partial charge < -0.3 is 14.6 Å². The van der Waals surface area contributed by atoms with Gasteiger partial charge >= 0.3 is 0 Å². The molecule has 0 aliphatic carbocycles. The summed E-state index contributed by atoms with van der Waals surface area (Å²) in [5.41, 5.74) is 0. The highest BCUT2D eigenvalue weighted by molar-refractivity contribution is 7.98. The van der Waals surface area contributed by atoms with Crippen LogP contribution in [0.3, 0.4) is 0 Å². The fourth-order valence-corrected chi connectivity index (χ4v) is 3.11. The summed E-state index contributed by atoms with van der Waals surface area (Å²) in [4.78, 5) is 34.0. The Balaban J connectivity index is 1.63. The molecule has 1 fully saturated rings. The summed E-state index contributed by atoms with van der Waals surface area (Å²) < 4.78 is 5.66. The first-order valence-corrected chi connectivity index (χ1v) is 8.68. The molecule has 1 aliphatic heterocycles. The first-order valence-electron chi connectivity index (χ1n) is 7.69. The number of nitrogens with zero attached hydrogens (tertiary/aromatic N) is 3. The number of aromatic nitrogens is 2. The van der Waals surface area contributed by atoms with Crippen molar-refractivity contribution >= 4 is 23.6 Å². The van der Waals surface area contributed by atoms with Gasteiger partial charge in [0.1, 0.15) is 5.76 Å². The summed E-state index contributed by atoms with van der Waals surface area (Å²) in [5.74, 6) is 1.31. The molecule has 2 amide bonds. The second kappa shape index (κ2) is 7.48. The van der Waals surface area contributed by atoms with Crippen molar-refractivity contribution in [2.45, 2.75) is 30.3 Å². The molecule has 1 atom stereocenters. The summed E-state index contributed by atoms with van der Waals surface area (Å²) in [5, 5.41) is 3.45. The lowest BCUT2D eigenvalue weighted by atomic mass is 10.2. The van der Waals surface area contributed by atoms with Crippen molar-refractivity contribution in [3.63, 3.8) is 0 Å². The lowest BCUT2D eigenvalue weighted by Crippen LogP contribution is -2.41. The Morgan fingerprint density at radius 3 is 3.00 bits per heavy atom. The maximum Gasteiger partial charge on any atom is 0.289 e. The Hall–Kier alpha value is -2.35. The summed E-state index contributed by atoms with van der Waals surface area (Å²) >= 11 is 1.44. The maximum absolute atomic E-state index is 12.6. The molecule has 1 saturated heterocycles. The predicted octanol–water partition coefficient (Wildman–Crippen LogP) is 1.71. The number of carbonyl (C=O) groups is 2. The molecule has 126 valence electrons. The van der Waals surface area contributed by atoms with Crippen LogP contribution in [0, 0.1) is 0 Å². The van der Waals surface area contributed by atoms with E-state index < -0.39 is 0 Å². The van der Waals surface area contributed by atoms with E-state index in [9.17, 15) is 9.59 Å². The Morgan fingerprint density at radius 1 is 1.42 bits per heavy atom. The summed E-state index contributed by atoms with van der Waals surface area (Å²) in [7, 11) is 0. The van der Waals surface area contributed by atoms with E-state index in [-0.39, 0.29) is 17.9 Å². The SMILES string of the molecule is C[C@@H]1CNC(=O)CCN1C(=O)c1ccc(CSc2ncccn2)o1. The van der Waals surface area contributed by atoms with Gasteiger partial charge in [0.15, 0.2) is 10.9 Å². The van der Waals surface area contributed by atoms with Gasteiger partial charge in [-0.1, -0.05) is 11.8 Å². The Morgan fingerprint density at radius 2 is 2.21 bits per heavy atom. The van der Waals surface area contributed by atoms with E-state index in [1.165, 1.54) is 11.8 Å². The second-order valence-electron chi connectivity index (χ2n) is 5.49. The Labute approximate surface area is 143 Å². The Bertz CT molecular complexity index is 719. The van der Waals surface area contributed by atoms with Crippen LogP contribution in [0.1, 0.15) is 29.7 Å². The van der Waals surface area contributed by atoms with Crippen LogP contribution >= 0.6 is 11.8 Å². The Kier molecular flexibility index (Phi) is 5.14. The molecule has 2 aromatic rings. The van der Waals surface area contributed by atoms with Gasteiger partial charge in [0.05, 0.1) is 5.75 Å². The number of thioether (sulfide) groups is 1. The smallest absolute Gasteiger partial charge is 0.289 e. The van der Waals surface area contributed by atoms with Crippen LogP contribution in [0.25, 0.3) is 0 Å². The quantitative estimate of drug-likeness (QED) is 0.670. The van der Waals surface area contributed by atoms with Crippen LogP contribution < -0.4 is 5.32 Å². The molecule has 0 bridgehead atoms.